The second-order valence-electron chi connectivity index (χ2n) is 13.8. The van der Waals surface area contributed by atoms with Crippen LogP contribution in [-0.4, -0.2) is 73.4 Å². The zero-order valence-corrected chi connectivity index (χ0v) is 32.5. The van der Waals surface area contributed by atoms with Crippen molar-refractivity contribution in [1.82, 2.24) is 0 Å². The van der Waals surface area contributed by atoms with Gasteiger partial charge in [0.2, 0.25) is 0 Å². The van der Waals surface area contributed by atoms with Crippen LogP contribution in [0.1, 0.15) is 174 Å². The lowest BCUT2D eigenvalue weighted by Crippen LogP contribution is -2.40. The molecule has 0 radical (unpaired) electrons. The van der Waals surface area contributed by atoms with E-state index in [0.29, 0.717) is 19.6 Å². The molecular formula is C42H74O9. The number of hydrogen-bond acceptors (Lipinski definition) is 9. The lowest BCUT2D eigenvalue weighted by molar-refractivity contribution is -0.162. The first-order valence-corrected chi connectivity index (χ1v) is 20.3. The molecule has 9 nitrogen and oxygen atoms in total. The molecule has 3 atom stereocenters. The minimum Gasteiger partial charge on any atom is -0.459 e. The Hall–Kier alpha value is -2.36. The van der Waals surface area contributed by atoms with Crippen LogP contribution in [0.3, 0.4) is 0 Å². The molecule has 0 fully saturated rings. The first-order chi connectivity index (χ1) is 24.8. The molecule has 0 amide bonds. The second-order valence-corrected chi connectivity index (χ2v) is 13.8. The van der Waals surface area contributed by atoms with E-state index in [2.05, 4.69) is 27.0 Å². The Kier molecular flexibility index (Phi) is 34.4. The number of hydrogen-bond donors (Lipinski definition) is 1. The van der Waals surface area contributed by atoms with Crippen molar-refractivity contribution in [2.24, 2.45) is 0 Å². The van der Waals surface area contributed by atoms with Gasteiger partial charge in [0.05, 0.1) is 13.2 Å². The van der Waals surface area contributed by atoms with Gasteiger partial charge in [-0.15, -0.1) is 0 Å². The molecule has 0 saturated heterocycles. The Morgan fingerprint density at radius 3 is 1.41 bits per heavy atom. The maximum Gasteiger partial charge on any atom is 0.306 e. The topological polar surface area (TPSA) is 125 Å². The van der Waals surface area contributed by atoms with E-state index in [0.717, 1.165) is 70.3 Å². The van der Waals surface area contributed by atoms with Gasteiger partial charge in [-0.1, -0.05) is 143 Å². The maximum absolute atomic E-state index is 12.4. The van der Waals surface area contributed by atoms with Gasteiger partial charge in [0, 0.05) is 32.5 Å². The van der Waals surface area contributed by atoms with Crippen LogP contribution in [-0.2, 0) is 38.1 Å². The second kappa shape index (κ2) is 36.0. The summed E-state index contributed by atoms with van der Waals surface area (Å²) in [5.74, 6) is -1.52. The van der Waals surface area contributed by atoms with E-state index in [9.17, 15) is 24.3 Å². The van der Waals surface area contributed by atoms with E-state index in [1.807, 2.05) is 0 Å². The lowest BCUT2D eigenvalue weighted by atomic mass is 10.1. The van der Waals surface area contributed by atoms with Crippen molar-refractivity contribution in [3.8, 4) is 0 Å². The highest BCUT2D eigenvalue weighted by Crippen LogP contribution is 2.14. The minimum atomic E-state index is -1.51. The molecular weight excluding hydrogens is 648 g/mol. The van der Waals surface area contributed by atoms with E-state index in [4.69, 9.17) is 18.9 Å². The molecule has 0 saturated carbocycles. The van der Waals surface area contributed by atoms with Gasteiger partial charge in [-0.2, -0.15) is 0 Å². The molecule has 0 rings (SSSR count). The molecule has 0 aromatic heterocycles. The summed E-state index contributed by atoms with van der Waals surface area (Å²) in [6.45, 7) is 12.3. The first kappa shape index (κ1) is 48.6. The summed E-state index contributed by atoms with van der Waals surface area (Å²) >= 11 is 0. The zero-order chi connectivity index (χ0) is 37.8. The fourth-order valence-corrected chi connectivity index (χ4v) is 5.74. The number of carbonyl (C=O) groups excluding carboxylic acids is 4. The standard InChI is InChI=1S/C42H74O9/c1-5-9-11-13-15-17-19-21-25-29-40(45)50-37(33-36(43)7-3)34-48-31-27-23-24-28-32-49-35-39(42(47)38(44)8-4)51-41(46)30-26-22-20-18-16-14-12-10-6-2/h7-8,37,39,42,47H,3-6,9-35H2,1-2H3. The monoisotopic (exact) mass is 723 g/mol. The van der Waals surface area contributed by atoms with Gasteiger partial charge in [0.25, 0.3) is 0 Å². The van der Waals surface area contributed by atoms with Gasteiger partial charge < -0.3 is 24.1 Å². The molecule has 0 spiro atoms. The number of esters is 2. The molecule has 296 valence electrons. The van der Waals surface area contributed by atoms with Crippen molar-refractivity contribution < 1.29 is 43.2 Å². The molecule has 0 aromatic rings. The summed E-state index contributed by atoms with van der Waals surface area (Å²) in [4.78, 5) is 48.8. The molecule has 51 heavy (non-hydrogen) atoms. The quantitative estimate of drug-likeness (QED) is 0.0375. The minimum absolute atomic E-state index is 0.0625. The van der Waals surface area contributed by atoms with Crippen LogP contribution in [0.5, 0.6) is 0 Å². The van der Waals surface area contributed by atoms with Gasteiger partial charge in [-0.05, 0) is 37.8 Å². The molecule has 0 aliphatic heterocycles. The summed E-state index contributed by atoms with van der Waals surface area (Å²) in [6, 6.07) is 0. The van der Waals surface area contributed by atoms with Crippen LogP contribution in [0.4, 0.5) is 0 Å². The average molecular weight is 723 g/mol. The van der Waals surface area contributed by atoms with E-state index in [1.54, 1.807) is 0 Å². The molecule has 0 aliphatic rings. The summed E-state index contributed by atoms with van der Waals surface area (Å²) in [7, 11) is 0. The smallest absolute Gasteiger partial charge is 0.306 e. The number of ether oxygens (including phenoxy) is 4. The predicted octanol–water partition coefficient (Wildman–Crippen LogP) is 9.51. The number of aliphatic hydroxyl groups excluding tert-OH is 1. The molecule has 9 heteroatoms. The third-order valence-corrected chi connectivity index (χ3v) is 8.96. The van der Waals surface area contributed by atoms with Crippen molar-refractivity contribution in [3.05, 3.63) is 25.3 Å². The van der Waals surface area contributed by atoms with Gasteiger partial charge in [0.1, 0.15) is 6.10 Å². The third kappa shape index (κ3) is 30.9. The Morgan fingerprint density at radius 1 is 0.549 bits per heavy atom. The number of allylic oxidation sites excluding steroid dienone is 1. The average Bonchev–Trinajstić information content (AvgIpc) is 3.12. The summed E-state index contributed by atoms with van der Waals surface area (Å²) in [5, 5.41) is 10.4. The van der Waals surface area contributed by atoms with Crippen molar-refractivity contribution in [2.45, 2.75) is 193 Å². The molecule has 0 aliphatic carbocycles. The van der Waals surface area contributed by atoms with Crippen LogP contribution in [0, 0.1) is 0 Å². The molecule has 0 aromatic carbocycles. The Morgan fingerprint density at radius 2 is 0.961 bits per heavy atom. The van der Waals surface area contributed by atoms with Gasteiger partial charge in [-0.3, -0.25) is 19.2 Å². The van der Waals surface area contributed by atoms with E-state index in [-0.39, 0.29) is 37.8 Å². The van der Waals surface area contributed by atoms with Crippen LogP contribution in [0.25, 0.3) is 0 Å². The highest BCUT2D eigenvalue weighted by molar-refractivity contribution is 5.93. The van der Waals surface area contributed by atoms with Gasteiger partial charge in [-0.25, -0.2) is 0 Å². The Balaban J connectivity index is 4.23. The van der Waals surface area contributed by atoms with Crippen LogP contribution >= 0.6 is 0 Å². The summed E-state index contributed by atoms with van der Waals surface area (Å²) in [5.41, 5.74) is 0. The zero-order valence-electron chi connectivity index (χ0n) is 32.5. The predicted molar refractivity (Wildman–Crippen MR) is 205 cm³/mol. The third-order valence-electron chi connectivity index (χ3n) is 8.96. The lowest BCUT2D eigenvalue weighted by Gasteiger charge is -2.21. The molecule has 1 N–H and O–H groups in total. The molecule has 3 unspecified atom stereocenters. The highest BCUT2D eigenvalue weighted by Gasteiger charge is 2.28. The largest absolute Gasteiger partial charge is 0.459 e. The van der Waals surface area contributed by atoms with E-state index >= 15 is 0 Å². The summed E-state index contributed by atoms with van der Waals surface area (Å²) < 4.78 is 22.4. The van der Waals surface area contributed by atoms with E-state index < -0.39 is 30.1 Å². The number of unbranched alkanes of at least 4 members (excludes halogenated alkanes) is 19. The molecule has 0 heterocycles. The number of carbonyl (C=O) groups is 4. The highest BCUT2D eigenvalue weighted by atomic mass is 16.6. The first-order valence-electron chi connectivity index (χ1n) is 20.3. The van der Waals surface area contributed by atoms with Gasteiger partial charge in [0.15, 0.2) is 23.8 Å². The SMILES string of the molecule is C=CC(=O)CC(COCCCCCCOCC(OC(=O)CCCCCCCCCCC)C(O)C(=O)C=C)OC(=O)CCCCCCCCCCC. The Bertz CT molecular complexity index is 903. The van der Waals surface area contributed by atoms with Crippen molar-refractivity contribution in [2.75, 3.05) is 26.4 Å². The van der Waals surface area contributed by atoms with Crippen LogP contribution in [0.2, 0.25) is 0 Å². The van der Waals surface area contributed by atoms with Crippen LogP contribution < -0.4 is 0 Å². The maximum atomic E-state index is 12.4. The number of ketones is 2. The number of rotatable bonds is 39. The summed E-state index contributed by atoms with van der Waals surface area (Å²) in [6.07, 6.45) is 23.8. The van der Waals surface area contributed by atoms with Crippen LogP contribution in [0.15, 0.2) is 25.3 Å². The van der Waals surface area contributed by atoms with Gasteiger partial charge >= 0.3 is 11.9 Å². The normalized spacial score (nSPS) is 12.9. The van der Waals surface area contributed by atoms with Crippen molar-refractivity contribution in [1.29, 1.82) is 0 Å². The fourth-order valence-electron chi connectivity index (χ4n) is 5.74. The van der Waals surface area contributed by atoms with Crippen molar-refractivity contribution >= 4 is 23.5 Å². The molecule has 0 bridgehead atoms. The number of aliphatic hydroxyl groups is 1. The fraction of sp³-hybridized carbons (Fsp3) is 0.810. The van der Waals surface area contributed by atoms with Crippen molar-refractivity contribution in [3.63, 3.8) is 0 Å². The van der Waals surface area contributed by atoms with E-state index in [1.165, 1.54) is 83.1 Å². The Labute approximate surface area is 310 Å².